The second kappa shape index (κ2) is 3.83. The van der Waals surface area contributed by atoms with Gasteiger partial charge in [-0.25, -0.2) is 0 Å². The van der Waals surface area contributed by atoms with Gasteiger partial charge in [-0.2, -0.15) is 0 Å². The van der Waals surface area contributed by atoms with Gasteiger partial charge in [0.15, 0.2) is 0 Å². The number of carbonyl (C=O) groups is 2. The first-order valence-corrected chi connectivity index (χ1v) is 5.52. The summed E-state index contributed by atoms with van der Waals surface area (Å²) < 4.78 is 0. The Morgan fingerprint density at radius 2 is 1.93 bits per heavy atom. The largest absolute Gasteiger partial charge is 0.481 e. The zero-order valence-corrected chi connectivity index (χ0v) is 8.56. The molecule has 0 aliphatic heterocycles. The van der Waals surface area contributed by atoms with E-state index < -0.39 is 17.9 Å². The Hall–Kier alpha value is -1.06. The van der Waals surface area contributed by atoms with Crippen LogP contribution in [-0.2, 0) is 9.59 Å². The maximum atomic E-state index is 11.0. The first kappa shape index (κ1) is 10.5. The zero-order valence-electron chi connectivity index (χ0n) is 8.56. The summed E-state index contributed by atoms with van der Waals surface area (Å²) in [5.41, 5.74) is 0. The van der Waals surface area contributed by atoms with E-state index in [-0.39, 0.29) is 12.3 Å². The maximum Gasteiger partial charge on any atom is 0.307 e. The molecule has 4 unspecified atom stereocenters. The lowest BCUT2D eigenvalue weighted by Crippen LogP contribution is -2.29. The molecule has 2 bridgehead atoms. The summed E-state index contributed by atoms with van der Waals surface area (Å²) >= 11 is 0. The van der Waals surface area contributed by atoms with Gasteiger partial charge in [0.25, 0.3) is 0 Å². The van der Waals surface area contributed by atoms with E-state index in [9.17, 15) is 9.59 Å². The molecule has 15 heavy (non-hydrogen) atoms. The molecule has 0 amide bonds. The topological polar surface area (TPSA) is 74.6 Å². The molecule has 0 saturated heterocycles. The van der Waals surface area contributed by atoms with E-state index in [1.165, 1.54) is 6.42 Å². The Morgan fingerprint density at radius 1 is 1.20 bits per heavy atom. The molecule has 4 atom stereocenters. The first-order chi connectivity index (χ1) is 7.08. The number of carboxylic acids is 2. The van der Waals surface area contributed by atoms with E-state index >= 15 is 0 Å². The second-order valence-corrected chi connectivity index (χ2v) is 4.88. The van der Waals surface area contributed by atoms with Crippen LogP contribution in [0.5, 0.6) is 0 Å². The Balaban J connectivity index is 2.05. The fraction of sp³-hybridized carbons (Fsp3) is 0.818. The molecule has 0 radical (unpaired) electrons. The van der Waals surface area contributed by atoms with Crippen LogP contribution in [0, 0.1) is 23.7 Å². The molecule has 2 rings (SSSR count). The van der Waals surface area contributed by atoms with Gasteiger partial charge in [-0.05, 0) is 37.0 Å². The van der Waals surface area contributed by atoms with Crippen LogP contribution in [0.2, 0.25) is 0 Å². The quantitative estimate of drug-likeness (QED) is 0.742. The normalized spacial score (nSPS) is 35.3. The molecular weight excluding hydrogens is 196 g/mol. The van der Waals surface area contributed by atoms with Crippen LogP contribution < -0.4 is 0 Å². The number of aliphatic carboxylic acids is 2. The summed E-state index contributed by atoms with van der Waals surface area (Å²) in [7, 11) is 0. The van der Waals surface area contributed by atoms with Crippen LogP contribution in [0.4, 0.5) is 0 Å². The van der Waals surface area contributed by atoms with E-state index in [2.05, 4.69) is 0 Å². The summed E-state index contributed by atoms with van der Waals surface area (Å²) in [4.78, 5) is 21.6. The highest BCUT2D eigenvalue weighted by Crippen LogP contribution is 2.51. The minimum absolute atomic E-state index is 0.109. The van der Waals surface area contributed by atoms with Gasteiger partial charge >= 0.3 is 11.9 Å². The van der Waals surface area contributed by atoms with Crippen LogP contribution in [0.15, 0.2) is 0 Å². The van der Waals surface area contributed by atoms with E-state index in [0.29, 0.717) is 11.8 Å². The van der Waals surface area contributed by atoms with Crippen molar-refractivity contribution in [2.75, 3.05) is 0 Å². The Bertz CT molecular complexity index is 286. The Kier molecular flexibility index (Phi) is 2.67. The summed E-state index contributed by atoms with van der Waals surface area (Å²) in [6, 6.07) is 0. The molecule has 0 aromatic carbocycles. The minimum Gasteiger partial charge on any atom is -0.481 e. The monoisotopic (exact) mass is 212 g/mol. The van der Waals surface area contributed by atoms with Crippen LogP contribution >= 0.6 is 0 Å². The Labute approximate surface area is 88.3 Å². The van der Waals surface area contributed by atoms with E-state index in [1.54, 1.807) is 0 Å². The highest BCUT2D eigenvalue weighted by molar-refractivity contribution is 5.78. The predicted molar refractivity (Wildman–Crippen MR) is 52.3 cm³/mol. The van der Waals surface area contributed by atoms with Crippen molar-refractivity contribution >= 4 is 11.9 Å². The van der Waals surface area contributed by atoms with Gasteiger partial charge in [0.1, 0.15) is 0 Å². The summed E-state index contributed by atoms with van der Waals surface area (Å²) in [5.74, 6) is -1.36. The van der Waals surface area contributed by atoms with Crippen LogP contribution in [0.25, 0.3) is 0 Å². The van der Waals surface area contributed by atoms with Crippen molar-refractivity contribution < 1.29 is 19.8 Å². The number of hydrogen-bond donors (Lipinski definition) is 2. The average molecular weight is 212 g/mol. The molecule has 84 valence electrons. The lowest BCUT2D eigenvalue weighted by atomic mass is 9.78. The third kappa shape index (κ3) is 1.98. The van der Waals surface area contributed by atoms with Crippen molar-refractivity contribution in [3.63, 3.8) is 0 Å². The molecule has 0 aromatic rings. The first-order valence-electron chi connectivity index (χ1n) is 5.52. The zero-order chi connectivity index (χ0) is 11.0. The maximum absolute atomic E-state index is 11.0. The van der Waals surface area contributed by atoms with Gasteiger partial charge < -0.3 is 10.2 Å². The average Bonchev–Trinajstić information content (AvgIpc) is 2.73. The fourth-order valence-electron chi connectivity index (χ4n) is 3.40. The smallest absolute Gasteiger partial charge is 0.307 e. The molecule has 2 fully saturated rings. The molecule has 2 aliphatic rings. The van der Waals surface area contributed by atoms with Crippen molar-refractivity contribution in [3.8, 4) is 0 Å². The fourth-order valence-corrected chi connectivity index (χ4v) is 3.40. The third-order valence-corrected chi connectivity index (χ3v) is 4.02. The third-order valence-electron chi connectivity index (χ3n) is 4.02. The summed E-state index contributed by atoms with van der Waals surface area (Å²) in [6.07, 6.45) is 4.13. The molecule has 2 saturated carbocycles. The number of carboxylic acid groups (broad SMARTS) is 2. The van der Waals surface area contributed by atoms with Crippen LogP contribution in [0.3, 0.4) is 0 Å². The molecule has 2 N–H and O–H groups in total. The van der Waals surface area contributed by atoms with Crippen LogP contribution in [-0.4, -0.2) is 22.2 Å². The van der Waals surface area contributed by atoms with Crippen LogP contribution in [0.1, 0.15) is 32.1 Å². The lowest BCUT2D eigenvalue weighted by molar-refractivity contribution is -0.151. The van der Waals surface area contributed by atoms with Crippen molar-refractivity contribution in [1.29, 1.82) is 0 Å². The SMILES string of the molecule is O=C(O)CC(C(=O)O)C1CC2CCC1C2. The number of fused-ring (bicyclic) bond motifs is 2. The Morgan fingerprint density at radius 3 is 2.33 bits per heavy atom. The van der Waals surface area contributed by atoms with Gasteiger partial charge in [-0.3, -0.25) is 9.59 Å². The summed E-state index contributed by atoms with van der Waals surface area (Å²) in [6.45, 7) is 0. The van der Waals surface area contributed by atoms with Gasteiger partial charge in [-0.1, -0.05) is 6.42 Å². The van der Waals surface area contributed by atoms with E-state index in [0.717, 1.165) is 19.3 Å². The molecule has 0 aromatic heterocycles. The number of hydrogen-bond acceptors (Lipinski definition) is 2. The molecule has 4 heteroatoms. The van der Waals surface area contributed by atoms with Crippen molar-refractivity contribution in [2.24, 2.45) is 23.7 Å². The van der Waals surface area contributed by atoms with Crippen molar-refractivity contribution in [3.05, 3.63) is 0 Å². The molecule has 4 nitrogen and oxygen atoms in total. The lowest BCUT2D eigenvalue weighted by Gasteiger charge is -2.26. The molecule has 0 heterocycles. The number of rotatable bonds is 4. The second-order valence-electron chi connectivity index (χ2n) is 4.88. The highest BCUT2D eigenvalue weighted by atomic mass is 16.4. The molecule has 0 spiro atoms. The standard InChI is InChI=1S/C11H16O4/c12-10(13)5-9(11(14)15)8-4-6-1-2-7(8)3-6/h6-9H,1-5H2,(H,12,13)(H,14,15). The van der Waals surface area contributed by atoms with Crippen molar-refractivity contribution in [2.45, 2.75) is 32.1 Å². The van der Waals surface area contributed by atoms with Crippen molar-refractivity contribution in [1.82, 2.24) is 0 Å². The summed E-state index contributed by atoms with van der Waals surface area (Å²) in [5, 5.41) is 17.7. The molecule has 2 aliphatic carbocycles. The van der Waals surface area contributed by atoms with Gasteiger partial charge in [-0.15, -0.1) is 0 Å². The van der Waals surface area contributed by atoms with Gasteiger partial charge in [0.05, 0.1) is 12.3 Å². The highest BCUT2D eigenvalue weighted by Gasteiger charge is 2.45. The predicted octanol–water partition coefficient (Wildman–Crippen LogP) is 1.60. The minimum atomic E-state index is -0.995. The molecular formula is C11H16O4. The van der Waals surface area contributed by atoms with Gasteiger partial charge in [0.2, 0.25) is 0 Å². The van der Waals surface area contributed by atoms with E-state index in [4.69, 9.17) is 10.2 Å². The van der Waals surface area contributed by atoms with E-state index in [1.807, 2.05) is 0 Å². The van der Waals surface area contributed by atoms with Gasteiger partial charge in [0, 0.05) is 0 Å².